The van der Waals surface area contributed by atoms with Gasteiger partial charge in [-0.1, -0.05) is 38.8 Å². The topological polar surface area (TPSA) is 71.8 Å². The number of aliphatic hydroxyl groups is 2. The van der Waals surface area contributed by atoms with Gasteiger partial charge in [0.25, 0.3) is 0 Å². The van der Waals surface area contributed by atoms with E-state index in [1.165, 1.54) is 23.6 Å². The van der Waals surface area contributed by atoms with Crippen LogP contribution in [0.4, 0.5) is 4.39 Å². The van der Waals surface area contributed by atoms with Crippen LogP contribution in [0.5, 0.6) is 11.6 Å². The number of aromatic nitrogens is 1. The summed E-state index contributed by atoms with van der Waals surface area (Å²) in [4.78, 5) is 4.54. The Bertz CT molecular complexity index is 1290. The maximum atomic E-state index is 14.6. The highest BCUT2D eigenvalue weighted by Crippen LogP contribution is 2.56. The van der Waals surface area contributed by atoms with Gasteiger partial charge in [-0.15, -0.1) is 0 Å². The standard InChI is InChI=1S/C30H32FNO4.C2H6/c1-18-24(8-10-29(32-18)36-17-30(34)11-3-2-4-28(30)33)19-5-9-27(31)22(12-19)16-35-23-6-7-25-20(14-23)13-21-15-26(21)25;1-2/h5-10,12,14,21,26,28,33-34H,2-4,11,13,15-17H2,1H3;1-2H3. The average molecular weight is 520 g/mol. The number of pyridine rings is 1. The molecule has 6 rings (SSSR count). The zero-order chi connectivity index (χ0) is 26.9. The number of aliphatic hydroxyl groups excluding tert-OH is 1. The van der Waals surface area contributed by atoms with E-state index in [-0.39, 0.29) is 19.0 Å². The van der Waals surface area contributed by atoms with Gasteiger partial charge in [0.2, 0.25) is 5.88 Å². The van der Waals surface area contributed by atoms with E-state index in [1.807, 2.05) is 39.0 Å². The second-order valence-corrected chi connectivity index (χ2v) is 10.7. The van der Waals surface area contributed by atoms with Crippen LogP contribution >= 0.6 is 0 Å². The summed E-state index contributed by atoms with van der Waals surface area (Å²) >= 11 is 0. The van der Waals surface area contributed by atoms with Gasteiger partial charge in [-0.2, -0.15) is 0 Å². The molecular weight excluding hydrogens is 481 g/mol. The molecule has 2 aromatic carbocycles. The lowest BCUT2D eigenvalue weighted by molar-refractivity contribution is -0.121. The van der Waals surface area contributed by atoms with E-state index in [2.05, 4.69) is 17.1 Å². The fraction of sp³-hybridized carbons (Fsp3) is 0.469. The maximum Gasteiger partial charge on any atom is 0.213 e. The molecule has 0 saturated heterocycles. The number of rotatable bonds is 7. The molecule has 3 aliphatic rings. The number of benzene rings is 2. The lowest BCUT2D eigenvalue weighted by Crippen LogP contribution is -2.49. The summed E-state index contributed by atoms with van der Waals surface area (Å²) in [5, 5.41) is 20.9. The first-order valence-corrected chi connectivity index (χ1v) is 13.9. The van der Waals surface area contributed by atoms with Crippen molar-refractivity contribution < 1.29 is 24.1 Å². The number of nitrogens with zero attached hydrogens (tertiary/aromatic N) is 1. The Morgan fingerprint density at radius 2 is 1.89 bits per heavy atom. The first kappa shape index (κ1) is 26.6. The molecular formula is C32H38FNO4. The van der Waals surface area contributed by atoms with E-state index < -0.39 is 11.7 Å². The quantitative estimate of drug-likeness (QED) is 0.373. The normalized spacial score (nSPS) is 25.1. The van der Waals surface area contributed by atoms with Crippen molar-refractivity contribution >= 4 is 0 Å². The van der Waals surface area contributed by atoms with Gasteiger partial charge in [-0.3, -0.25) is 0 Å². The molecule has 0 aliphatic heterocycles. The molecule has 2 saturated carbocycles. The van der Waals surface area contributed by atoms with Gasteiger partial charge in [-0.25, -0.2) is 9.37 Å². The van der Waals surface area contributed by atoms with Gasteiger partial charge in [0.05, 0.1) is 6.10 Å². The van der Waals surface area contributed by atoms with Crippen molar-refractivity contribution in [2.75, 3.05) is 6.61 Å². The number of aryl methyl sites for hydroxylation is 1. The molecule has 0 amide bonds. The number of halogens is 1. The molecule has 0 spiro atoms. The van der Waals surface area contributed by atoms with Gasteiger partial charge in [0, 0.05) is 22.9 Å². The van der Waals surface area contributed by atoms with Gasteiger partial charge in [0.15, 0.2) is 0 Å². The monoisotopic (exact) mass is 519 g/mol. The summed E-state index contributed by atoms with van der Waals surface area (Å²) in [6, 6.07) is 14.9. The van der Waals surface area contributed by atoms with Crippen LogP contribution in [0.1, 0.15) is 74.3 Å². The summed E-state index contributed by atoms with van der Waals surface area (Å²) in [6.45, 7) is 6.03. The largest absolute Gasteiger partial charge is 0.489 e. The SMILES string of the molecule is CC.Cc1nc(OCC2(O)CCCCC2O)ccc1-c1ccc(F)c(COc2ccc3c(c2)CC2CC32)c1. The lowest BCUT2D eigenvalue weighted by atomic mass is 9.83. The van der Waals surface area contributed by atoms with E-state index in [4.69, 9.17) is 9.47 Å². The predicted molar refractivity (Wildman–Crippen MR) is 146 cm³/mol. The van der Waals surface area contributed by atoms with E-state index in [1.54, 1.807) is 12.1 Å². The zero-order valence-electron chi connectivity index (χ0n) is 22.5. The van der Waals surface area contributed by atoms with Crippen molar-refractivity contribution in [2.45, 2.75) is 83.5 Å². The number of fused-ring (bicyclic) bond motifs is 3. The van der Waals surface area contributed by atoms with Gasteiger partial charge in [-0.05, 0) is 91.5 Å². The molecule has 3 aliphatic carbocycles. The van der Waals surface area contributed by atoms with E-state index in [9.17, 15) is 14.6 Å². The molecule has 38 heavy (non-hydrogen) atoms. The fourth-order valence-electron chi connectivity index (χ4n) is 5.86. The molecule has 4 atom stereocenters. The predicted octanol–water partition coefficient (Wildman–Crippen LogP) is 6.51. The second kappa shape index (κ2) is 11.0. The molecule has 0 radical (unpaired) electrons. The van der Waals surface area contributed by atoms with E-state index >= 15 is 0 Å². The minimum Gasteiger partial charge on any atom is -0.489 e. The Kier molecular flexibility index (Phi) is 7.73. The van der Waals surface area contributed by atoms with Crippen molar-refractivity contribution in [3.05, 3.63) is 76.7 Å². The van der Waals surface area contributed by atoms with Crippen LogP contribution in [-0.2, 0) is 13.0 Å². The van der Waals surface area contributed by atoms with E-state index in [0.717, 1.165) is 53.7 Å². The number of hydrogen-bond acceptors (Lipinski definition) is 5. The Hall–Kier alpha value is -2.96. The zero-order valence-corrected chi connectivity index (χ0v) is 22.5. The van der Waals surface area contributed by atoms with Crippen LogP contribution in [0.15, 0.2) is 48.5 Å². The van der Waals surface area contributed by atoms with Gasteiger partial charge < -0.3 is 19.7 Å². The molecule has 1 heterocycles. The highest BCUT2D eigenvalue weighted by molar-refractivity contribution is 5.67. The Labute approximate surface area is 224 Å². The van der Waals surface area contributed by atoms with Gasteiger partial charge >= 0.3 is 0 Å². The van der Waals surface area contributed by atoms with Crippen LogP contribution in [-0.4, -0.2) is 33.5 Å². The summed E-state index contributed by atoms with van der Waals surface area (Å²) in [5.74, 6) is 2.44. The number of hydrogen-bond donors (Lipinski definition) is 2. The summed E-state index contributed by atoms with van der Waals surface area (Å²) in [5.41, 5.74) is 4.54. The molecule has 202 valence electrons. The van der Waals surface area contributed by atoms with Crippen LogP contribution in [0, 0.1) is 18.7 Å². The van der Waals surface area contributed by atoms with Crippen molar-refractivity contribution in [1.29, 1.82) is 0 Å². The molecule has 4 unspecified atom stereocenters. The Morgan fingerprint density at radius 1 is 1.05 bits per heavy atom. The van der Waals surface area contributed by atoms with Gasteiger partial charge in [0.1, 0.15) is 30.4 Å². The average Bonchev–Trinajstić information content (AvgIpc) is 3.60. The maximum absolute atomic E-state index is 14.6. The lowest BCUT2D eigenvalue weighted by Gasteiger charge is -2.36. The van der Waals surface area contributed by atoms with Crippen LogP contribution < -0.4 is 9.47 Å². The van der Waals surface area contributed by atoms with Crippen molar-refractivity contribution in [3.63, 3.8) is 0 Å². The van der Waals surface area contributed by atoms with Crippen molar-refractivity contribution in [2.24, 2.45) is 5.92 Å². The molecule has 1 aromatic heterocycles. The summed E-state index contributed by atoms with van der Waals surface area (Å²) in [6.07, 6.45) is 4.53. The summed E-state index contributed by atoms with van der Waals surface area (Å²) in [7, 11) is 0. The van der Waals surface area contributed by atoms with Crippen molar-refractivity contribution in [3.8, 4) is 22.8 Å². The van der Waals surface area contributed by atoms with Crippen LogP contribution in [0.2, 0.25) is 0 Å². The molecule has 2 fully saturated rings. The molecule has 2 N–H and O–H groups in total. The Morgan fingerprint density at radius 3 is 2.68 bits per heavy atom. The first-order valence-electron chi connectivity index (χ1n) is 13.9. The number of ether oxygens (including phenoxy) is 2. The van der Waals surface area contributed by atoms with Crippen molar-refractivity contribution in [1.82, 2.24) is 4.98 Å². The third-order valence-electron chi connectivity index (χ3n) is 8.16. The molecule has 5 nitrogen and oxygen atoms in total. The summed E-state index contributed by atoms with van der Waals surface area (Å²) < 4.78 is 26.4. The minimum absolute atomic E-state index is 0.00198. The molecule has 6 heteroatoms. The molecule has 0 bridgehead atoms. The third-order valence-corrected chi connectivity index (χ3v) is 8.16. The van der Waals surface area contributed by atoms with E-state index in [0.29, 0.717) is 24.3 Å². The minimum atomic E-state index is -1.24. The van der Waals surface area contributed by atoms with Crippen LogP contribution in [0.25, 0.3) is 11.1 Å². The first-order chi connectivity index (χ1) is 18.4. The molecule has 3 aromatic rings. The highest BCUT2D eigenvalue weighted by atomic mass is 19.1. The third kappa shape index (κ3) is 5.43. The fourth-order valence-corrected chi connectivity index (χ4v) is 5.86. The van der Waals surface area contributed by atoms with Crippen LogP contribution in [0.3, 0.4) is 0 Å². The Balaban J connectivity index is 0.00000144. The smallest absolute Gasteiger partial charge is 0.213 e. The highest BCUT2D eigenvalue weighted by Gasteiger charge is 2.44. The second-order valence-electron chi connectivity index (χ2n) is 10.7.